The van der Waals surface area contributed by atoms with E-state index in [1.54, 1.807) is 0 Å². The number of benzene rings is 1. The van der Waals surface area contributed by atoms with Crippen LogP contribution in [0.4, 0.5) is 0 Å². The van der Waals surface area contributed by atoms with Crippen LogP contribution in [0.25, 0.3) is 0 Å². The fourth-order valence-corrected chi connectivity index (χ4v) is 2.34. The molecule has 3 N–H and O–H groups in total. The van der Waals surface area contributed by atoms with Gasteiger partial charge in [0.25, 0.3) is 0 Å². The minimum Gasteiger partial charge on any atom is -0.392 e. The Labute approximate surface area is 120 Å². The van der Waals surface area contributed by atoms with Crippen molar-refractivity contribution in [2.45, 2.75) is 39.2 Å². The highest BCUT2D eigenvalue weighted by molar-refractivity contribution is 7.80. The van der Waals surface area contributed by atoms with Gasteiger partial charge in [-0.2, -0.15) is 0 Å². The van der Waals surface area contributed by atoms with E-state index in [9.17, 15) is 4.79 Å². The molecular weight excluding hydrogens is 256 g/mol. The molecule has 0 bridgehead atoms. The lowest BCUT2D eigenvalue weighted by Crippen LogP contribution is -2.43. The van der Waals surface area contributed by atoms with Crippen molar-refractivity contribution in [2.75, 3.05) is 0 Å². The second kappa shape index (κ2) is 7.24. The zero-order chi connectivity index (χ0) is 14.4. The van der Waals surface area contributed by atoms with Gasteiger partial charge in [-0.25, -0.2) is 0 Å². The lowest BCUT2D eigenvalue weighted by atomic mass is 9.96. The Balaban J connectivity index is 2.89. The van der Waals surface area contributed by atoms with Crippen LogP contribution in [-0.4, -0.2) is 16.9 Å². The summed E-state index contributed by atoms with van der Waals surface area (Å²) in [5, 5.41) is 3.04. The summed E-state index contributed by atoms with van der Waals surface area (Å²) in [6.45, 7) is 6.24. The quantitative estimate of drug-likeness (QED) is 0.786. The van der Waals surface area contributed by atoms with Gasteiger partial charge in [0, 0.05) is 6.04 Å². The maximum Gasteiger partial charge on any atom is 0.234 e. The van der Waals surface area contributed by atoms with Crippen molar-refractivity contribution < 1.29 is 4.79 Å². The van der Waals surface area contributed by atoms with Crippen LogP contribution in [0.3, 0.4) is 0 Å². The Morgan fingerprint density at radius 2 is 1.89 bits per heavy atom. The zero-order valence-corrected chi connectivity index (χ0v) is 12.5. The number of hydrogen-bond donors (Lipinski definition) is 2. The van der Waals surface area contributed by atoms with Crippen LogP contribution in [-0.2, 0) is 4.79 Å². The first-order chi connectivity index (χ1) is 8.97. The average molecular weight is 278 g/mol. The number of carbonyl (C=O) groups is 1. The highest BCUT2D eigenvalue weighted by atomic mass is 32.1. The minimum absolute atomic E-state index is 0.112. The van der Waals surface area contributed by atoms with Gasteiger partial charge in [0.2, 0.25) is 5.91 Å². The van der Waals surface area contributed by atoms with Crippen molar-refractivity contribution in [2.24, 2.45) is 11.7 Å². The third kappa shape index (κ3) is 4.31. The molecule has 4 heteroatoms. The van der Waals surface area contributed by atoms with Gasteiger partial charge >= 0.3 is 0 Å². The topological polar surface area (TPSA) is 55.1 Å². The molecule has 0 saturated carbocycles. The molecule has 2 unspecified atom stereocenters. The van der Waals surface area contributed by atoms with E-state index in [0.717, 1.165) is 12.0 Å². The summed E-state index contributed by atoms with van der Waals surface area (Å²) in [4.78, 5) is 12.6. The van der Waals surface area contributed by atoms with Gasteiger partial charge in [-0.3, -0.25) is 4.79 Å². The summed E-state index contributed by atoms with van der Waals surface area (Å²) in [5.41, 5.74) is 6.57. The normalized spacial score (nSPS) is 13.9. The number of thiocarbonyl (C=S) groups is 1. The smallest absolute Gasteiger partial charge is 0.234 e. The van der Waals surface area contributed by atoms with E-state index >= 15 is 0 Å². The molecule has 1 aromatic carbocycles. The second-order valence-electron chi connectivity index (χ2n) is 5.01. The van der Waals surface area contributed by atoms with Gasteiger partial charge in [0.1, 0.15) is 5.92 Å². The van der Waals surface area contributed by atoms with Gasteiger partial charge in [0.05, 0.1) is 4.99 Å². The summed E-state index contributed by atoms with van der Waals surface area (Å²) < 4.78 is 0. The highest BCUT2D eigenvalue weighted by Gasteiger charge is 2.25. The van der Waals surface area contributed by atoms with E-state index in [2.05, 4.69) is 26.1 Å². The second-order valence-corrected chi connectivity index (χ2v) is 5.48. The van der Waals surface area contributed by atoms with Crippen LogP contribution >= 0.6 is 12.2 Å². The minimum atomic E-state index is -0.552. The molecule has 3 nitrogen and oxygen atoms in total. The van der Waals surface area contributed by atoms with Crippen molar-refractivity contribution in [3.05, 3.63) is 35.9 Å². The van der Waals surface area contributed by atoms with Gasteiger partial charge in [-0.15, -0.1) is 0 Å². The summed E-state index contributed by atoms with van der Waals surface area (Å²) in [6.07, 6.45) is 0.891. The maximum atomic E-state index is 12.4. The molecule has 0 heterocycles. The monoisotopic (exact) mass is 278 g/mol. The number of carbonyl (C=O) groups excluding carboxylic acids is 1. The molecule has 0 aromatic heterocycles. The fourth-order valence-electron chi connectivity index (χ4n) is 2.10. The first-order valence-electron chi connectivity index (χ1n) is 6.62. The Kier molecular flexibility index (Phi) is 5.96. The van der Waals surface area contributed by atoms with E-state index in [4.69, 9.17) is 18.0 Å². The van der Waals surface area contributed by atoms with Gasteiger partial charge in [-0.1, -0.05) is 63.3 Å². The van der Waals surface area contributed by atoms with Crippen molar-refractivity contribution in [1.82, 2.24) is 5.32 Å². The number of amides is 1. The van der Waals surface area contributed by atoms with E-state index in [1.807, 2.05) is 30.3 Å². The molecule has 1 rings (SSSR count). The molecule has 0 aliphatic heterocycles. The molecule has 0 saturated heterocycles. The lowest BCUT2D eigenvalue weighted by molar-refractivity contribution is -0.122. The third-order valence-corrected chi connectivity index (χ3v) is 3.49. The summed E-state index contributed by atoms with van der Waals surface area (Å²) in [6, 6.07) is 9.56. The Morgan fingerprint density at radius 1 is 1.32 bits per heavy atom. The van der Waals surface area contributed by atoms with Crippen molar-refractivity contribution in [1.29, 1.82) is 0 Å². The van der Waals surface area contributed by atoms with Crippen LogP contribution in [0, 0.1) is 5.92 Å². The van der Waals surface area contributed by atoms with Gasteiger partial charge in [0.15, 0.2) is 0 Å². The van der Waals surface area contributed by atoms with Crippen molar-refractivity contribution >= 4 is 23.1 Å². The lowest BCUT2D eigenvalue weighted by Gasteiger charge is -2.24. The Hall–Kier alpha value is -1.42. The van der Waals surface area contributed by atoms with E-state index in [0.29, 0.717) is 5.92 Å². The largest absolute Gasteiger partial charge is 0.392 e. The number of nitrogens with two attached hydrogens (primary N) is 1. The van der Waals surface area contributed by atoms with Crippen LogP contribution in [0.1, 0.15) is 38.7 Å². The SMILES string of the molecule is CCC(NC(=O)C(C(N)=S)c1ccccc1)C(C)C. The molecule has 0 aliphatic carbocycles. The molecule has 0 aliphatic rings. The molecule has 0 fully saturated rings. The summed E-state index contributed by atoms with van der Waals surface area (Å²) in [7, 11) is 0. The standard InChI is InChI=1S/C15H22N2OS/c1-4-12(10(2)3)17-15(18)13(14(16)19)11-8-6-5-7-9-11/h5-10,12-13H,4H2,1-3H3,(H2,16,19)(H,17,18). The van der Waals surface area contributed by atoms with E-state index < -0.39 is 5.92 Å². The Bertz CT molecular complexity index is 431. The van der Waals surface area contributed by atoms with E-state index in [1.165, 1.54) is 0 Å². The number of hydrogen-bond acceptors (Lipinski definition) is 2. The third-order valence-electron chi connectivity index (χ3n) is 3.25. The highest BCUT2D eigenvalue weighted by Crippen LogP contribution is 2.17. The summed E-state index contributed by atoms with van der Waals surface area (Å²) in [5.74, 6) is -0.278. The predicted octanol–water partition coefficient (Wildman–Crippen LogP) is 2.61. The molecule has 0 radical (unpaired) electrons. The van der Waals surface area contributed by atoms with Crippen molar-refractivity contribution in [3.63, 3.8) is 0 Å². The molecule has 1 aromatic rings. The summed E-state index contributed by atoms with van der Waals surface area (Å²) >= 11 is 5.05. The van der Waals surface area contributed by atoms with Crippen LogP contribution < -0.4 is 11.1 Å². The number of nitrogens with one attached hydrogen (secondary N) is 1. The van der Waals surface area contributed by atoms with Crippen LogP contribution in [0.2, 0.25) is 0 Å². The molecular formula is C15H22N2OS. The van der Waals surface area contributed by atoms with Gasteiger partial charge in [-0.05, 0) is 17.9 Å². The molecule has 19 heavy (non-hydrogen) atoms. The Morgan fingerprint density at radius 3 is 2.32 bits per heavy atom. The molecule has 2 atom stereocenters. The zero-order valence-electron chi connectivity index (χ0n) is 11.7. The van der Waals surface area contributed by atoms with Crippen LogP contribution in [0.15, 0.2) is 30.3 Å². The first-order valence-corrected chi connectivity index (χ1v) is 7.02. The van der Waals surface area contributed by atoms with Crippen LogP contribution in [0.5, 0.6) is 0 Å². The molecule has 0 spiro atoms. The number of rotatable bonds is 6. The maximum absolute atomic E-state index is 12.4. The fraction of sp³-hybridized carbons (Fsp3) is 0.467. The first kappa shape index (κ1) is 15.6. The van der Waals surface area contributed by atoms with Crippen molar-refractivity contribution in [3.8, 4) is 0 Å². The molecule has 1 amide bonds. The molecule has 104 valence electrons. The van der Waals surface area contributed by atoms with E-state index in [-0.39, 0.29) is 16.9 Å². The average Bonchev–Trinajstić information content (AvgIpc) is 2.36. The van der Waals surface area contributed by atoms with Gasteiger partial charge < -0.3 is 11.1 Å². The predicted molar refractivity (Wildman–Crippen MR) is 83.0 cm³/mol.